The number of nitrogens with one attached hydrogen (secondary N) is 1. The maximum atomic E-state index is 6.21. The molecule has 2 rings (SSSR count). The lowest BCUT2D eigenvalue weighted by Gasteiger charge is -2.17. The Morgan fingerprint density at radius 1 is 1.00 bits per heavy atom. The molecule has 0 amide bonds. The Morgan fingerprint density at radius 2 is 1.71 bits per heavy atom. The summed E-state index contributed by atoms with van der Waals surface area (Å²) in [6, 6.07) is 13.4. The van der Waals surface area contributed by atoms with E-state index in [1.54, 1.807) is 17.8 Å². The van der Waals surface area contributed by atoms with Gasteiger partial charge in [-0.1, -0.05) is 59.1 Å². The van der Waals surface area contributed by atoms with Crippen LogP contribution in [0.3, 0.4) is 0 Å². The third-order valence-electron chi connectivity index (χ3n) is 3.01. The standard InChI is InChI=1S/C15H15Cl3N2S/c16-12-5-1-2-7-14(12)21-9-11(20-19)8-10-4-3-6-13(17)15(10)18/h1-7,11,20H,8-9,19H2. The van der Waals surface area contributed by atoms with E-state index in [0.717, 1.165) is 21.2 Å². The summed E-state index contributed by atoms with van der Waals surface area (Å²) >= 11 is 20.0. The predicted octanol–water partition coefficient (Wildman–Crippen LogP) is 4.81. The molecule has 0 bridgehead atoms. The summed E-state index contributed by atoms with van der Waals surface area (Å²) in [5, 5.41) is 1.89. The molecule has 2 aromatic rings. The monoisotopic (exact) mass is 360 g/mol. The van der Waals surface area contributed by atoms with Gasteiger partial charge >= 0.3 is 0 Å². The van der Waals surface area contributed by atoms with Gasteiger partial charge in [-0.3, -0.25) is 11.3 Å². The van der Waals surface area contributed by atoms with Crippen LogP contribution in [0.2, 0.25) is 15.1 Å². The zero-order valence-corrected chi connectivity index (χ0v) is 14.2. The molecule has 6 heteroatoms. The van der Waals surface area contributed by atoms with Crippen molar-refractivity contribution in [1.82, 2.24) is 5.43 Å². The van der Waals surface area contributed by atoms with E-state index in [-0.39, 0.29) is 6.04 Å². The van der Waals surface area contributed by atoms with Crippen molar-refractivity contribution in [3.8, 4) is 0 Å². The molecule has 2 nitrogen and oxygen atoms in total. The second kappa shape index (κ2) is 8.28. The second-order valence-electron chi connectivity index (χ2n) is 4.52. The molecule has 0 radical (unpaired) electrons. The molecule has 0 spiro atoms. The Bertz CT molecular complexity index is 607. The van der Waals surface area contributed by atoms with Crippen molar-refractivity contribution >= 4 is 46.6 Å². The summed E-state index contributed by atoms with van der Waals surface area (Å²) in [4.78, 5) is 1.04. The molecule has 0 saturated carbocycles. The largest absolute Gasteiger partial charge is 0.271 e. The van der Waals surface area contributed by atoms with Crippen LogP contribution in [0.25, 0.3) is 0 Å². The summed E-state index contributed by atoms with van der Waals surface area (Å²) in [7, 11) is 0. The molecule has 0 saturated heterocycles. The van der Waals surface area contributed by atoms with E-state index in [0.29, 0.717) is 16.5 Å². The maximum Gasteiger partial charge on any atom is 0.0624 e. The van der Waals surface area contributed by atoms with E-state index < -0.39 is 0 Å². The number of halogens is 3. The van der Waals surface area contributed by atoms with Crippen LogP contribution in [0.1, 0.15) is 5.56 Å². The number of rotatable bonds is 6. The second-order valence-corrected chi connectivity index (χ2v) is 6.78. The van der Waals surface area contributed by atoms with Crippen LogP contribution in [0.4, 0.5) is 0 Å². The Morgan fingerprint density at radius 3 is 2.43 bits per heavy atom. The molecule has 0 fully saturated rings. The summed E-state index contributed by atoms with van der Waals surface area (Å²) in [6.45, 7) is 0. The summed E-state index contributed by atoms with van der Waals surface area (Å²) in [6.07, 6.45) is 0.702. The minimum absolute atomic E-state index is 0.0715. The van der Waals surface area contributed by atoms with Crippen molar-refractivity contribution in [2.45, 2.75) is 17.4 Å². The Kier molecular flexibility index (Phi) is 6.68. The van der Waals surface area contributed by atoms with Crippen LogP contribution in [-0.2, 0) is 6.42 Å². The summed E-state index contributed by atoms with van der Waals surface area (Å²) in [5.74, 6) is 6.42. The van der Waals surface area contributed by atoms with Gasteiger partial charge in [0, 0.05) is 16.7 Å². The van der Waals surface area contributed by atoms with Crippen molar-refractivity contribution in [1.29, 1.82) is 0 Å². The van der Waals surface area contributed by atoms with E-state index in [4.69, 9.17) is 40.6 Å². The van der Waals surface area contributed by atoms with Gasteiger partial charge in [0.1, 0.15) is 0 Å². The average Bonchev–Trinajstić information content (AvgIpc) is 2.49. The third-order valence-corrected chi connectivity index (χ3v) is 5.55. The minimum atomic E-state index is 0.0715. The quantitative estimate of drug-likeness (QED) is 0.440. The van der Waals surface area contributed by atoms with Gasteiger partial charge in [-0.05, 0) is 30.2 Å². The zero-order valence-electron chi connectivity index (χ0n) is 11.2. The fourth-order valence-corrected chi connectivity index (χ4v) is 3.56. The average molecular weight is 362 g/mol. The first-order valence-corrected chi connectivity index (χ1v) is 8.50. The van der Waals surface area contributed by atoms with Crippen LogP contribution in [0.15, 0.2) is 47.4 Å². The van der Waals surface area contributed by atoms with Crippen LogP contribution in [0, 0.1) is 0 Å². The van der Waals surface area contributed by atoms with Gasteiger partial charge in [-0.2, -0.15) is 0 Å². The Hall–Kier alpha value is -0.420. The van der Waals surface area contributed by atoms with Crippen molar-refractivity contribution in [2.24, 2.45) is 5.84 Å². The van der Waals surface area contributed by atoms with Crippen LogP contribution in [0.5, 0.6) is 0 Å². The van der Waals surface area contributed by atoms with Gasteiger partial charge < -0.3 is 0 Å². The maximum absolute atomic E-state index is 6.21. The molecule has 21 heavy (non-hydrogen) atoms. The van der Waals surface area contributed by atoms with E-state index in [1.165, 1.54) is 0 Å². The minimum Gasteiger partial charge on any atom is -0.271 e. The SMILES string of the molecule is NNC(CSc1ccccc1Cl)Cc1cccc(Cl)c1Cl. The molecule has 0 heterocycles. The molecule has 0 aliphatic heterocycles. The molecular weight excluding hydrogens is 347 g/mol. The highest BCUT2D eigenvalue weighted by Crippen LogP contribution is 2.29. The van der Waals surface area contributed by atoms with Crippen molar-refractivity contribution < 1.29 is 0 Å². The normalized spacial score (nSPS) is 12.4. The summed E-state index contributed by atoms with van der Waals surface area (Å²) in [5.41, 5.74) is 3.80. The molecule has 112 valence electrons. The molecule has 1 unspecified atom stereocenters. The molecule has 2 aromatic carbocycles. The molecule has 1 atom stereocenters. The fraction of sp³-hybridized carbons (Fsp3) is 0.200. The van der Waals surface area contributed by atoms with Crippen LogP contribution >= 0.6 is 46.6 Å². The number of hydrogen-bond acceptors (Lipinski definition) is 3. The first-order chi connectivity index (χ1) is 10.1. The lowest BCUT2D eigenvalue weighted by molar-refractivity contribution is 0.575. The van der Waals surface area contributed by atoms with Crippen molar-refractivity contribution in [3.63, 3.8) is 0 Å². The van der Waals surface area contributed by atoms with E-state index >= 15 is 0 Å². The summed E-state index contributed by atoms with van der Waals surface area (Å²) < 4.78 is 0. The van der Waals surface area contributed by atoms with Gasteiger partial charge in [0.15, 0.2) is 0 Å². The van der Waals surface area contributed by atoms with E-state index in [1.807, 2.05) is 36.4 Å². The molecule has 0 aliphatic carbocycles. The lowest BCUT2D eigenvalue weighted by Crippen LogP contribution is -2.38. The Balaban J connectivity index is 2.01. The number of nitrogens with two attached hydrogens (primary N) is 1. The molecule has 0 aliphatic rings. The first-order valence-electron chi connectivity index (χ1n) is 6.38. The first kappa shape index (κ1) is 16.9. The topological polar surface area (TPSA) is 38.0 Å². The van der Waals surface area contributed by atoms with Gasteiger partial charge in [0.25, 0.3) is 0 Å². The van der Waals surface area contributed by atoms with E-state index in [2.05, 4.69) is 5.43 Å². The van der Waals surface area contributed by atoms with Gasteiger partial charge in [0.2, 0.25) is 0 Å². The van der Waals surface area contributed by atoms with E-state index in [9.17, 15) is 0 Å². The lowest BCUT2D eigenvalue weighted by atomic mass is 10.1. The highest BCUT2D eigenvalue weighted by Gasteiger charge is 2.13. The third kappa shape index (κ3) is 4.78. The number of thioether (sulfide) groups is 1. The van der Waals surface area contributed by atoms with Crippen molar-refractivity contribution in [3.05, 3.63) is 63.1 Å². The number of hydrazine groups is 1. The number of hydrogen-bond donors (Lipinski definition) is 2. The molecular formula is C15H15Cl3N2S. The predicted molar refractivity (Wildman–Crippen MR) is 93.5 cm³/mol. The van der Waals surface area contributed by atoms with Crippen LogP contribution < -0.4 is 11.3 Å². The highest BCUT2D eigenvalue weighted by molar-refractivity contribution is 7.99. The van der Waals surface area contributed by atoms with Gasteiger partial charge in [0.05, 0.1) is 15.1 Å². The fourth-order valence-electron chi connectivity index (χ4n) is 1.89. The van der Waals surface area contributed by atoms with Gasteiger partial charge in [-0.15, -0.1) is 11.8 Å². The molecule has 3 N–H and O–H groups in total. The number of benzene rings is 2. The molecule has 0 aromatic heterocycles. The van der Waals surface area contributed by atoms with Gasteiger partial charge in [-0.25, -0.2) is 0 Å². The Labute approximate surface area is 143 Å². The smallest absolute Gasteiger partial charge is 0.0624 e. The van der Waals surface area contributed by atoms with Crippen molar-refractivity contribution in [2.75, 3.05) is 5.75 Å². The zero-order chi connectivity index (χ0) is 15.2. The highest BCUT2D eigenvalue weighted by atomic mass is 35.5. The van der Waals surface area contributed by atoms with Crippen LogP contribution in [-0.4, -0.2) is 11.8 Å².